The topological polar surface area (TPSA) is 60.9 Å². The molecule has 0 aromatic rings. The summed E-state index contributed by atoms with van der Waals surface area (Å²) in [6.07, 6.45) is 2.46. The number of aliphatic hydroxyl groups is 1. The molecule has 1 unspecified atom stereocenters. The fourth-order valence-electron chi connectivity index (χ4n) is 3.15. The standard InChI is InChI=1S/C15H26N2O3/c1-11(2)14(19)16-7-4-13(5-8-16)15(20)17-6-3-12(9-17)10-18/h11-13,18H,3-10H2,1-2H3. The van der Waals surface area contributed by atoms with Crippen molar-refractivity contribution in [3.8, 4) is 0 Å². The van der Waals surface area contributed by atoms with Gasteiger partial charge in [0, 0.05) is 50.5 Å². The molecule has 0 saturated carbocycles. The van der Waals surface area contributed by atoms with Gasteiger partial charge in [0.1, 0.15) is 0 Å². The molecule has 0 spiro atoms. The quantitative estimate of drug-likeness (QED) is 0.830. The maximum atomic E-state index is 12.4. The second-order valence-corrected chi connectivity index (χ2v) is 6.38. The van der Waals surface area contributed by atoms with Crippen LogP contribution in [0.4, 0.5) is 0 Å². The minimum absolute atomic E-state index is 0.0335. The molecule has 20 heavy (non-hydrogen) atoms. The lowest BCUT2D eigenvalue weighted by Gasteiger charge is -2.34. The predicted molar refractivity (Wildman–Crippen MR) is 75.9 cm³/mol. The van der Waals surface area contributed by atoms with Crippen LogP contribution in [0.15, 0.2) is 0 Å². The van der Waals surface area contributed by atoms with Crippen molar-refractivity contribution in [2.45, 2.75) is 33.1 Å². The third kappa shape index (κ3) is 3.32. The lowest BCUT2D eigenvalue weighted by Crippen LogP contribution is -2.45. The van der Waals surface area contributed by atoms with E-state index in [9.17, 15) is 9.59 Å². The fourth-order valence-corrected chi connectivity index (χ4v) is 3.15. The Kier molecular flexibility index (Phi) is 5.02. The van der Waals surface area contributed by atoms with Gasteiger partial charge in [0.25, 0.3) is 0 Å². The Labute approximate surface area is 120 Å². The molecule has 1 N–H and O–H groups in total. The summed E-state index contributed by atoms with van der Waals surface area (Å²) >= 11 is 0. The van der Waals surface area contributed by atoms with Crippen LogP contribution in [0, 0.1) is 17.8 Å². The van der Waals surface area contributed by atoms with Crippen LogP contribution < -0.4 is 0 Å². The molecule has 2 rings (SSSR count). The molecule has 0 aromatic heterocycles. The highest BCUT2D eigenvalue weighted by Crippen LogP contribution is 2.24. The minimum Gasteiger partial charge on any atom is -0.396 e. The van der Waals surface area contributed by atoms with Crippen molar-refractivity contribution in [3.05, 3.63) is 0 Å². The van der Waals surface area contributed by atoms with Crippen molar-refractivity contribution in [2.24, 2.45) is 17.8 Å². The number of hydrogen-bond acceptors (Lipinski definition) is 3. The zero-order valence-corrected chi connectivity index (χ0v) is 12.5. The summed E-state index contributed by atoms with van der Waals surface area (Å²) in [5.41, 5.74) is 0. The fraction of sp³-hybridized carbons (Fsp3) is 0.867. The zero-order chi connectivity index (χ0) is 14.7. The van der Waals surface area contributed by atoms with E-state index in [1.165, 1.54) is 0 Å². The smallest absolute Gasteiger partial charge is 0.225 e. The number of likely N-dealkylation sites (tertiary alicyclic amines) is 2. The van der Waals surface area contributed by atoms with E-state index < -0.39 is 0 Å². The van der Waals surface area contributed by atoms with E-state index in [0.29, 0.717) is 19.6 Å². The van der Waals surface area contributed by atoms with E-state index in [1.807, 2.05) is 23.6 Å². The summed E-state index contributed by atoms with van der Waals surface area (Å²) in [5.74, 6) is 0.756. The van der Waals surface area contributed by atoms with Gasteiger partial charge in [-0.3, -0.25) is 9.59 Å². The molecule has 5 heteroatoms. The number of hydrogen-bond donors (Lipinski definition) is 1. The van der Waals surface area contributed by atoms with E-state index in [2.05, 4.69) is 0 Å². The molecule has 0 bridgehead atoms. The van der Waals surface area contributed by atoms with Crippen LogP contribution >= 0.6 is 0 Å². The first-order valence-electron chi connectivity index (χ1n) is 7.71. The zero-order valence-electron chi connectivity index (χ0n) is 12.5. The van der Waals surface area contributed by atoms with Gasteiger partial charge in [0.05, 0.1) is 0 Å². The second-order valence-electron chi connectivity index (χ2n) is 6.38. The van der Waals surface area contributed by atoms with Crippen LogP contribution in [0.3, 0.4) is 0 Å². The van der Waals surface area contributed by atoms with Gasteiger partial charge >= 0.3 is 0 Å². The molecule has 2 fully saturated rings. The molecule has 0 radical (unpaired) electrons. The van der Waals surface area contributed by atoms with E-state index in [1.54, 1.807) is 0 Å². The van der Waals surface area contributed by atoms with Crippen molar-refractivity contribution in [1.29, 1.82) is 0 Å². The molecule has 0 aromatic carbocycles. The molecule has 1 atom stereocenters. The van der Waals surface area contributed by atoms with Crippen molar-refractivity contribution < 1.29 is 14.7 Å². The highest BCUT2D eigenvalue weighted by Gasteiger charge is 2.33. The van der Waals surface area contributed by atoms with Crippen molar-refractivity contribution >= 4 is 11.8 Å². The Bertz CT molecular complexity index is 362. The van der Waals surface area contributed by atoms with Crippen LogP contribution in [0.2, 0.25) is 0 Å². The Hall–Kier alpha value is -1.10. The highest BCUT2D eigenvalue weighted by molar-refractivity contribution is 5.81. The summed E-state index contributed by atoms with van der Waals surface area (Å²) in [7, 11) is 0. The number of rotatable bonds is 3. The summed E-state index contributed by atoms with van der Waals surface area (Å²) in [6, 6.07) is 0. The molecule has 2 amide bonds. The first-order chi connectivity index (χ1) is 9.52. The predicted octanol–water partition coefficient (Wildman–Crippen LogP) is 0.722. The maximum absolute atomic E-state index is 12.4. The lowest BCUT2D eigenvalue weighted by atomic mass is 9.94. The molecule has 2 saturated heterocycles. The van der Waals surface area contributed by atoms with Crippen molar-refractivity contribution in [3.63, 3.8) is 0 Å². The summed E-state index contributed by atoms with van der Waals surface area (Å²) < 4.78 is 0. The van der Waals surface area contributed by atoms with Crippen LogP contribution in [-0.2, 0) is 9.59 Å². The van der Waals surface area contributed by atoms with E-state index >= 15 is 0 Å². The van der Waals surface area contributed by atoms with E-state index in [0.717, 1.165) is 25.8 Å². The highest BCUT2D eigenvalue weighted by atomic mass is 16.3. The number of carbonyl (C=O) groups is 2. The van der Waals surface area contributed by atoms with Crippen LogP contribution in [0.1, 0.15) is 33.1 Å². The normalized spacial score (nSPS) is 24.5. The van der Waals surface area contributed by atoms with Gasteiger partial charge in [-0.15, -0.1) is 0 Å². The van der Waals surface area contributed by atoms with Gasteiger partial charge in [0.2, 0.25) is 11.8 Å². The first-order valence-corrected chi connectivity index (χ1v) is 7.71. The number of amides is 2. The summed E-state index contributed by atoms with van der Waals surface area (Å²) in [4.78, 5) is 28.1. The minimum atomic E-state index is 0.0335. The average molecular weight is 282 g/mol. The third-order valence-corrected chi connectivity index (χ3v) is 4.51. The molecular formula is C15H26N2O3. The largest absolute Gasteiger partial charge is 0.396 e. The number of carbonyl (C=O) groups excluding carboxylic acids is 2. The monoisotopic (exact) mass is 282 g/mol. The van der Waals surface area contributed by atoms with Crippen LogP contribution in [-0.4, -0.2) is 59.5 Å². The first kappa shape index (κ1) is 15.3. The van der Waals surface area contributed by atoms with E-state index in [-0.39, 0.29) is 36.2 Å². The van der Waals surface area contributed by atoms with Gasteiger partial charge < -0.3 is 14.9 Å². The third-order valence-electron chi connectivity index (χ3n) is 4.51. The molecule has 0 aliphatic carbocycles. The molecule has 5 nitrogen and oxygen atoms in total. The average Bonchev–Trinajstić information content (AvgIpc) is 2.94. The van der Waals surface area contributed by atoms with Gasteiger partial charge in [-0.25, -0.2) is 0 Å². The molecule has 2 heterocycles. The van der Waals surface area contributed by atoms with E-state index in [4.69, 9.17) is 5.11 Å². The Morgan fingerprint density at radius 2 is 1.70 bits per heavy atom. The van der Waals surface area contributed by atoms with Gasteiger partial charge in [-0.05, 0) is 19.3 Å². The van der Waals surface area contributed by atoms with Gasteiger partial charge in [0.15, 0.2) is 0 Å². The summed E-state index contributed by atoms with van der Waals surface area (Å²) in [6.45, 7) is 6.87. The Morgan fingerprint density at radius 1 is 1.10 bits per heavy atom. The van der Waals surface area contributed by atoms with Gasteiger partial charge in [-0.1, -0.05) is 13.8 Å². The Morgan fingerprint density at radius 3 is 2.20 bits per heavy atom. The second kappa shape index (κ2) is 6.57. The maximum Gasteiger partial charge on any atom is 0.225 e. The molecule has 114 valence electrons. The molecule has 2 aliphatic rings. The number of nitrogens with zero attached hydrogens (tertiary/aromatic N) is 2. The van der Waals surface area contributed by atoms with Crippen molar-refractivity contribution in [2.75, 3.05) is 32.8 Å². The number of piperidine rings is 1. The van der Waals surface area contributed by atoms with Crippen LogP contribution in [0.5, 0.6) is 0 Å². The van der Waals surface area contributed by atoms with Crippen LogP contribution in [0.25, 0.3) is 0 Å². The molecular weight excluding hydrogens is 256 g/mol. The number of aliphatic hydroxyl groups excluding tert-OH is 1. The van der Waals surface area contributed by atoms with Crippen molar-refractivity contribution in [1.82, 2.24) is 9.80 Å². The Balaban J connectivity index is 1.82. The lowest BCUT2D eigenvalue weighted by molar-refractivity contribution is -0.141. The SMILES string of the molecule is CC(C)C(=O)N1CCC(C(=O)N2CCC(CO)C2)CC1. The summed E-state index contributed by atoms with van der Waals surface area (Å²) in [5, 5.41) is 9.14. The molecule has 2 aliphatic heterocycles. The van der Waals surface area contributed by atoms with Gasteiger partial charge in [-0.2, -0.15) is 0 Å².